The van der Waals surface area contributed by atoms with Crippen molar-refractivity contribution in [2.45, 2.75) is 19.9 Å². The number of pyridine rings is 1. The lowest BCUT2D eigenvalue weighted by molar-refractivity contribution is 0.209. The number of hydrogen-bond donors (Lipinski definition) is 1. The van der Waals surface area contributed by atoms with Crippen LogP contribution in [-0.2, 0) is 0 Å². The molecular formula is C17H22N2O2. The molecule has 0 bridgehead atoms. The molecule has 0 spiro atoms. The molecule has 4 nitrogen and oxygen atoms in total. The summed E-state index contributed by atoms with van der Waals surface area (Å²) in [5, 5.41) is 3.37. The van der Waals surface area contributed by atoms with E-state index in [2.05, 4.69) is 24.1 Å². The van der Waals surface area contributed by atoms with Gasteiger partial charge in [-0.05, 0) is 31.7 Å². The molecule has 1 atom stereocenters. The van der Waals surface area contributed by atoms with Crippen LogP contribution in [0.1, 0.15) is 25.5 Å². The van der Waals surface area contributed by atoms with Crippen LogP contribution in [0.2, 0.25) is 0 Å². The SMILES string of the molecule is CCNC(C)c1cccnc1OCCOc1ccccc1. The molecule has 21 heavy (non-hydrogen) atoms. The molecule has 1 aromatic carbocycles. The molecule has 4 heteroatoms. The summed E-state index contributed by atoms with van der Waals surface area (Å²) < 4.78 is 11.4. The molecule has 2 rings (SSSR count). The van der Waals surface area contributed by atoms with Gasteiger partial charge in [-0.2, -0.15) is 0 Å². The van der Waals surface area contributed by atoms with Gasteiger partial charge in [0.15, 0.2) is 0 Å². The highest BCUT2D eigenvalue weighted by atomic mass is 16.5. The van der Waals surface area contributed by atoms with Gasteiger partial charge < -0.3 is 14.8 Å². The normalized spacial score (nSPS) is 11.9. The minimum absolute atomic E-state index is 0.216. The zero-order chi connectivity index (χ0) is 14.9. The summed E-state index contributed by atoms with van der Waals surface area (Å²) in [7, 11) is 0. The van der Waals surface area contributed by atoms with Crippen LogP contribution in [0, 0.1) is 0 Å². The average Bonchev–Trinajstić information content (AvgIpc) is 2.53. The number of hydrogen-bond acceptors (Lipinski definition) is 4. The highest BCUT2D eigenvalue weighted by Gasteiger charge is 2.11. The molecule has 1 N–H and O–H groups in total. The van der Waals surface area contributed by atoms with Crippen LogP contribution in [0.3, 0.4) is 0 Å². The molecule has 1 unspecified atom stereocenters. The second kappa shape index (κ2) is 8.27. The van der Waals surface area contributed by atoms with Crippen molar-refractivity contribution < 1.29 is 9.47 Å². The van der Waals surface area contributed by atoms with Gasteiger partial charge in [-0.3, -0.25) is 0 Å². The molecule has 0 amide bonds. The van der Waals surface area contributed by atoms with Gasteiger partial charge in [0.1, 0.15) is 19.0 Å². The fraction of sp³-hybridized carbons (Fsp3) is 0.353. The van der Waals surface area contributed by atoms with E-state index in [0.717, 1.165) is 17.9 Å². The average molecular weight is 286 g/mol. The van der Waals surface area contributed by atoms with E-state index >= 15 is 0 Å². The van der Waals surface area contributed by atoms with E-state index < -0.39 is 0 Å². The number of aromatic nitrogens is 1. The van der Waals surface area contributed by atoms with Crippen molar-refractivity contribution in [1.29, 1.82) is 0 Å². The predicted octanol–water partition coefficient (Wildman–Crippen LogP) is 3.21. The number of para-hydroxylation sites is 1. The second-order valence-electron chi connectivity index (χ2n) is 4.69. The Hall–Kier alpha value is -2.07. The summed E-state index contributed by atoms with van der Waals surface area (Å²) in [6.07, 6.45) is 1.75. The highest BCUT2D eigenvalue weighted by molar-refractivity contribution is 5.28. The summed E-state index contributed by atoms with van der Waals surface area (Å²) in [5.74, 6) is 1.52. The second-order valence-corrected chi connectivity index (χ2v) is 4.69. The smallest absolute Gasteiger partial charge is 0.218 e. The Morgan fingerprint density at radius 1 is 1.05 bits per heavy atom. The van der Waals surface area contributed by atoms with Crippen LogP contribution in [0.4, 0.5) is 0 Å². The Morgan fingerprint density at radius 3 is 2.57 bits per heavy atom. The first-order chi connectivity index (χ1) is 10.3. The first kappa shape index (κ1) is 15.3. The molecule has 1 aromatic heterocycles. The molecular weight excluding hydrogens is 264 g/mol. The lowest BCUT2D eigenvalue weighted by Gasteiger charge is -2.16. The van der Waals surface area contributed by atoms with Crippen LogP contribution in [0.25, 0.3) is 0 Å². The molecule has 0 saturated carbocycles. The van der Waals surface area contributed by atoms with Crippen LogP contribution in [0.15, 0.2) is 48.7 Å². The summed E-state index contributed by atoms with van der Waals surface area (Å²) in [6.45, 7) is 6.06. The van der Waals surface area contributed by atoms with Gasteiger partial charge in [0.2, 0.25) is 5.88 Å². The third-order valence-electron chi connectivity index (χ3n) is 3.11. The Kier molecular flexibility index (Phi) is 6.03. The minimum atomic E-state index is 0.216. The number of rotatable bonds is 8. The van der Waals surface area contributed by atoms with Crippen molar-refractivity contribution in [2.75, 3.05) is 19.8 Å². The minimum Gasteiger partial charge on any atom is -0.490 e. The summed E-state index contributed by atoms with van der Waals surface area (Å²) >= 11 is 0. The van der Waals surface area contributed by atoms with Gasteiger partial charge in [0, 0.05) is 17.8 Å². The van der Waals surface area contributed by atoms with Gasteiger partial charge in [0.25, 0.3) is 0 Å². The maximum absolute atomic E-state index is 5.75. The Labute approximate surface area is 126 Å². The molecule has 1 heterocycles. The van der Waals surface area contributed by atoms with Crippen molar-refractivity contribution in [2.24, 2.45) is 0 Å². The topological polar surface area (TPSA) is 43.4 Å². The van der Waals surface area contributed by atoms with Crippen LogP contribution in [-0.4, -0.2) is 24.7 Å². The number of nitrogens with one attached hydrogen (secondary N) is 1. The van der Waals surface area contributed by atoms with Gasteiger partial charge in [0.05, 0.1) is 0 Å². The van der Waals surface area contributed by atoms with E-state index in [4.69, 9.17) is 9.47 Å². The van der Waals surface area contributed by atoms with E-state index in [-0.39, 0.29) is 6.04 Å². The molecule has 0 aliphatic heterocycles. The largest absolute Gasteiger partial charge is 0.490 e. The molecule has 0 fully saturated rings. The van der Waals surface area contributed by atoms with Gasteiger partial charge in [-0.25, -0.2) is 4.98 Å². The molecule has 0 radical (unpaired) electrons. The molecule has 0 saturated heterocycles. The summed E-state index contributed by atoms with van der Waals surface area (Å²) in [6, 6.07) is 13.9. The van der Waals surface area contributed by atoms with Gasteiger partial charge in [-0.1, -0.05) is 31.2 Å². The Morgan fingerprint density at radius 2 is 1.81 bits per heavy atom. The Balaban J connectivity index is 1.85. The summed E-state index contributed by atoms with van der Waals surface area (Å²) in [5.41, 5.74) is 1.07. The van der Waals surface area contributed by atoms with Crippen molar-refractivity contribution in [3.05, 3.63) is 54.2 Å². The molecule has 0 aliphatic carbocycles. The molecule has 2 aromatic rings. The third-order valence-corrected chi connectivity index (χ3v) is 3.11. The number of nitrogens with zero attached hydrogens (tertiary/aromatic N) is 1. The fourth-order valence-electron chi connectivity index (χ4n) is 2.08. The zero-order valence-electron chi connectivity index (χ0n) is 12.6. The first-order valence-corrected chi connectivity index (χ1v) is 7.30. The van der Waals surface area contributed by atoms with Gasteiger partial charge >= 0.3 is 0 Å². The molecule has 112 valence electrons. The maximum Gasteiger partial charge on any atom is 0.218 e. The quantitative estimate of drug-likeness (QED) is 0.757. The zero-order valence-corrected chi connectivity index (χ0v) is 12.6. The van der Waals surface area contributed by atoms with Crippen LogP contribution >= 0.6 is 0 Å². The predicted molar refractivity (Wildman–Crippen MR) is 83.8 cm³/mol. The van der Waals surface area contributed by atoms with Crippen LogP contribution < -0.4 is 14.8 Å². The standard InChI is InChI=1S/C17H22N2O2/c1-3-18-14(2)16-10-7-11-19-17(16)21-13-12-20-15-8-5-4-6-9-15/h4-11,14,18H,3,12-13H2,1-2H3. The fourth-order valence-corrected chi connectivity index (χ4v) is 2.08. The maximum atomic E-state index is 5.75. The van der Waals surface area contributed by atoms with Crippen molar-refractivity contribution in [3.8, 4) is 11.6 Å². The highest BCUT2D eigenvalue weighted by Crippen LogP contribution is 2.22. The van der Waals surface area contributed by atoms with E-state index in [0.29, 0.717) is 19.1 Å². The monoisotopic (exact) mass is 286 g/mol. The van der Waals surface area contributed by atoms with E-state index in [1.54, 1.807) is 6.20 Å². The van der Waals surface area contributed by atoms with Crippen LogP contribution in [0.5, 0.6) is 11.6 Å². The number of benzene rings is 1. The lowest BCUT2D eigenvalue weighted by atomic mass is 10.1. The van der Waals surface area contributed by atoms with Crippen molar-refractivity contribution >= 4 is 0 Å². The first-order valence-electron chi connectivity index (χ1n) is 7.30. The van der Waals surface area contributed by atoms with Crippen molar-refractivity contribution in [3.63, 3.8) is 0 Å². The van der Waals surface area contributed by atoms with E-state index in [9.17, 15) is 0 Å². The number of ether oxygens (including phenoxy) is 2. The molecule has 0 aliphatic rings. The van der Waals surface area contributed by atoms with Gasteiger partial charge in [-0.15, -0.1) is 0 Å². The lowest BCUT2D eigenvalue weighted by Crippen LogP contribution is -2.19. The Bertz CT molecular complexity index is 531. The van der Waals surface area contributed by atoms with E-state index in [1.807, 2.05) is 42.5 Å². The van der Waals surface area contributed by atoms with E-state index in [1.165, 1.54) is 0 Å². The van der Waals surface area contributed by atoms with Crippen molar-refractivity contribution in [1.82, 2.24) is 10.3 Å². The third kappa shape index (κ3) is 4.76. The summed E-state index contributed by atoms with van der Waals surface area (Å²) in [4.78, 5) is 4.31.